The molecule has 1 atom stereocenters. The summed E-state index contributed by atoms with van der Waals surface area (Å²) in [5, 5.41) is 28.1. The van der Waals surface area contributed by atoms with Gasteiger partial charge in [0, 0.05) is 6.42 Å². The number of carboxylic acid groups (broad SMARTS) is 3. The highest BCUT2D eigenvalue weighted by Crippen LogP contribution is 2.20. The van der Waals surface area contributed by atoms with E-state index >= 15 is 0 Å². The SMILES string of the molecule is C=C(CC(N)C(=O)O)CC(NC=O)(C(=O)O)C(=O)O. The van der Waals surface area contributed by atoms with Crippen LogP contribution >= 0.6 is 0 Å². The van der Waals surface area contributed by atoms with Gasteiger partial charge in [0.15, 0.2) is 0 Å². The van der Waals surface area contributed by atoms with Crippen molar-refractivity contribution < 1.29 is 34.5 Å². The van der Waals surface area contributed by atoms with E-state index in [2.05, 4.69) is 6.58 Å². The second kappa shape index (κ2) is 6.50. The molecule has 6 N–H and O–H groups in total. The normalized spacial score (nSPS) is 12.3. The molecule has 0 rings (SSSR count). The van der Waals surface area contributed by atoms with E-state index in [9.17, 15) is 19.2 Å². The zero-order valence-corrected chi connectivity index (χ0v) is 9.83. The van der Waals surface area contributed by atoms with E-state index in [-0.39, 0.29) is 18.4 Å². The lowest BCUT2D eigenvalue weighted by Gasteiger charge is -2.25. The van der Waals surface area contributed by atoms with Crippen molar-refractivity contribution in [3.63, 3.8) is 0 Å². The second-order valence-electron chi connectivity index (χ2n) is 3.85. The first-order valence-electron chi connectivity index (χ1n) is 5.00. The lowest BCUT2D eigenvalue weighted by molar-refractivity contribution is -0.160. The van der Waals surface area contributed by atoms with Gasteiger partial charge in [-0.3, -0.25) is 9.59 Å². The van der Waals surface area contributed by atoms with Crippen molar-refractivity contribution in [1.82, 2.24) is 5.32 Å². The van der Waals surface area contributed by atoms with E-state index in [1.807, 2.05) is 0 Å². The molecule has 0 aromatic carbocycles. The van der Waals surface area contributed by atoms with Crippen molar-refractivity contribution in [3.8, 4) is 0 Å². The molecule has 1 amide bonds. The van der Waals surface area contributed by atoms with Gasteiger partial charge in [0.05, 0.1) is 0 Å². The molecule has 19 heavy (non-hydrogen) atoms. The second-order valence-corrected chi connectivity index (χ2v) is 3.85. The van der Waals surface area contributed by atoms with E-state index in [4.69, 9.17) is 21.1 Å². The molecule has 0 spiro atoms. The number of nitrogens with one attached hydrogen (secondary N) is 1. The van der Waals surface area contributed by atoms with Gasteiger partial charge in [0.2, 0.25) is 11.9 Å². The predicted molar refractivity (Wildman–Crippen MR) is 61.2 cm³/mol. The van der Waals surface area contributed by atoms with Crippen LogP contribution in [-0.2, 0) is 19.2 Å². The Kier molecular flexibility index (Phi) is 5.67. The maximum atomic E-state index is 11.0. The summed E-state index contributed by atoms with van der Waals surface area (Å²) in [6, 6.07) is -1.33. The number of rotatable bonds is 9. The number of aliphatic carboxylic acids is 3. The van der Waals surface area contributed by atoms with Crippen LogP contribution in [0.1, 0.15) is 12.8 Å². The molecule has 0 radical (unpaired) electrons. The summed E-state index contributed by atoms with van der Waals surface area (Å²) in [7, 11) is 0. The largest absolute Gasteiger partial charge is 0.480 e. The number of carbonyl (C=O) groups is 4. The van der Waals surface area contributed by atoms with E-state index < -0.39 is 35.9 Å². The maximum Gasteiger partial charge on any atom is 0.341 e. The van der Waals surface area contributed by atoms with Gasteiger partial charge in [-0.1, -0.05) is 12.2 Å². The van der Waals surface area contributed by atoms with Crippen molar-refractivity contribution in [2.24, 2.45) is 5.73 Å². The first kappa shape index (κ1) is 16.6. The minimum absolute atomic E-state index is 0.0194. The lowest BCUT2D eigenvalue weighted by Crippen LogP contribution is -2.58. The molecule has 0 aliphatic rings. The average molecular weight is 274 g/mol. The molecule has 106 valence electrons. The van der Waals surface area contributed by atoms with Crippen molar-refractivity contribution in [3.05, 3.63) is 12.2 Å². The van der Waals surface area contributed by atoms with Crippen molar-refractivity contribution in [2.45, 2.75) is 24.4 Å². The fourth-order valence-electron chi connectivity index (χ4n) is 1.36. The maximum absolute atomic E-state index is 11.0. The molecule has 0 heterocycles. The van der Waals surface area contributed by atoms with Gasteiger partial charge in [0.1, 0.15) is 6.04 Å². The van der Waals surface area contributed by atoms with Gasteiger partial charge in [-0.15, -0.1) is 0 Å². The third kappa shape index (κ3) is 4.07. The molecule has 0 fully saturated rings. The Balaban J connectivity index is 5.07. The van der Waals surface area contributed by atoms with Gasteiger partial charge in [-0.25, -0.2) is 9.59 Å². The van der Waals surface area contributed by atoms with Gasteiger partial charge in [0.25, 0.3) is 0 Å². The molecule has 1 unspecified atom stereocenters. The molecule has 0 aliphatic carbocycles. The predicted octanol–water partition coefficient (Wildman–Crippen LogP) is -1.61. The lowest BCUT2D eigenvalue weighted by atomic mass is 9.89. The van der Waals surface area contributed by atoms with Gasteiger partial charge in [-0.2, -0.15) is 0 Å². The Labute approximate surface area is 107 Å². The summed E-state index contributed by atoms with van der Waals surface area (Å²) in [5.41, 5.74) is 2.61. The molecule has 9 heteroatoms. The summed E-state index contributed by atoms with van der Waals surface area (Å²) >= 11 is 0. The van der Waals surface area contributed by atoms with E-state index in [1.165, 1.54) is 0 Å². The highest BCUT2D eigenvalue weighted by molar-refractivity contribution is 6.05. The first-order valence-corrected chi connectivity index (χ1v) is 5.00. The molecular weight excluding hydrogens is 260 g/mol. The minimum Gasteiger partial charge on any atom is -0.480 e. The third-order valence-corrected chi connectivity index (χ3v) is 2.38. The van der Waals surface area contributed by atoms with Crippen LogP contribution in [0.25, 0.3) is 0 Å². The Hall–Kier alpha value is -2.42. The van der Waals surface area contributed by atoms with Gasteiger partial charge >= 0.3 is 17.9 Å². The monoisotopic (exact) mass is 274 g/mol. The van der Waals surface area contributed by atoms with Crippen LogP contribution in [0.5, 0.6) is 0 Å². The number of carbonyl (C=O) groups excluding carboxylic acids is 1. The summed E-state index contributed by atoms with van der Waals surface area (Å²) < 4.78 is 0. The molecule has 0 aromatic heterocycles. The number of nitrogens with two attached hydrogens (primary N) is 1. The van der Waals surface area contributed by atoms with Crippen LogP contribution in [0.2, 0.25) is 0 Å². The quantitative estimate of drug-likeness (QED) is 0.190. The molecule has 9 nitrogen and oxygen atoms in total. The highest BCUT2D eigenvalue weighted by atomic mass is 16.4. The smallest absolute Gasteiger partial charge is 0.341 e. The van der Waals surface area contributed by atoms with Crippen LogP contribution in [-0.4, -0.2) is 51.2 Å². The Bertz CT molecular complexity index is 404. The van der Waals surface area contributed by atoms with Crippen molar-refractivity contribution in [1.29, 1.82) is 0 Å². The Morgan fingerprint density at radius 2 is 1.74 bits per heavy atom. The molecule has 0 bridgehead atoms. The minimum atomic E-state index is -2.59. The standard InChI is InChI=1S/C10H14N2O7/c1-5(2-6(11)7(14)15)3-10(8(16)17,9(18)19)12-4-13/h4,6H,1-3,11H2,(H,12,13)(H,14,15)(H,16,17)(H,18,19). The van der Waals surface area contributed by atoms with Crippen LogP contribution in [0, 0.1) is 0 Å². The van der Waals surface area contributed by atoms with Crippen LogP contribution < -0.4 is 11.1 Å². The fourth-order valence-corrected chi connectivity index (χ4v) is 1.36. The highest BCUT2D eigenvalue weighted by Gasteiger charge is 2.47. The third-order valence-electron chi connectivity index (χ3n) is 2.38. The first-order chi connectivity index (χ1) is 8.67. The Morgan fingerprint density at radius 3 is 2.05 bits per heavy atom. The van der Waals surface area contributed by atoms with E-state index in [0.717, 1.165) is 0 Å². The zero-order chi connectivity index (χ0) is 15.2. The van der Waals surface area contributed by atoms with Crippen molar-refractivity contribution >= 4 is 24.3 Å². The fraction of sp³-hybridized carbons (Fsp3) is 0.400. The van der Waals surface area contributed by atoms with Gasteiger partial charge in [-0.05, 0) is 6.42 Å². The van der Waals surface area contributed by atoms with E-state index in [1.54, 1.807) is 5.32 Å². The number of hydrogen-bond acceptors (Lipinski definition) is 5. The molecule has 0 saturated heterocycles. The number of hydrogen-bond donors (Lipinski definition) is 5. The summed E-state index contributed by atoms with van der Waals surface area (Å²) in [4.78, 5) is 42.9. The molecule has 0 aromatic rings. The summed E-state index contributed by atoms with van der Waals surface area (Å²) in [6.45, 7) is 3.38. The number of carboxylic acids is 3. The molecular formula is C10H14N2O7. The number of amides is 1. The molecule has 0 saturated carbocycles. The summed E-state index contributed by atoms with van der Waals surface area (Å²) in [5.74, 6) is -4.92. The molecule has 0 aliphatic heterocycles. The van der Waals surface area contributed by atoms with Crippen molar-refractivity contribution in [2.75, 3.05) is 0 Å². The van der Waals surface area contributed by atoms with Crippen LogP contribution in [0.15, 0.2) is 12.2 Å². The topological polar surface area (TPSA) is 167 Å². The summed E-state index contributed by atoms with van der Waals surface area (Å²) in [6.07, 6.45) is -1.04. The zero-order valence-electron chi connectivity index (χ0n) is 9.83. The Morgan fingerprint density at radius 1 is 1.26 bits per heavy atom. The average Bonchev–Trinajstić information content (AvgIpc) is 2.27. The van der Waals surface area contributed by atoms with Crippen LogP contribution in [0.4, 0.5) is 0 Å². The van der Waals surface area contributed by atoms with E-state index in [0.29, 0.717) is 0 Å². The van der Waals surface area contributed by atoms with Crippen LogP contribution in [0.3, 0.4) is 0 Å². The van der Waals surface area contributed by atoms with Gasteiger partial charge < -0.3 is 26.4 Å².